The summed E-state index contributed by atoms with van der Waals surface area (Å²) in [7, 11) is 0. The van der Waals surface area contributed by atoms with Gasteiger partial charge in [0, 0.05) is 16.7 Å². The molecule has 0 saturated heterocycles. The van der Waals surface area contributed by atoms with Crippen LogP contribution < -0.4 is 0 Å². The Kier molecular flexibility index (Phi) is 4.90. The molecule has 0 amide bonds. The van der Waals surface area contributed by atoms with Gasteiger partial charge in [0.05, 0.1) is 10.9 Å². The van der Waals surface area contributed by atoms with Gasteiger partial charge in [-0.25, -0.2) is 13.2 Å². The number of rotatable bonds is 4. The molecule has 0 N–H and O–H groups in total. The van der Waals surface area contributed by atoms with Gasteiger partial charge in [-0.3, -0.25) is 4.98 Å². The third-order valence-electron chi connectivity index (χ3n) is 3.51. The zero-order valence-electron chi connectivity index (χ0n) is 12.8. The van der Waals surface area contributed by atoms with Crippen LogP contribution in [0.1, 0.15) is 22.1 Å². The molecule has 1 atom stereocenters. The first-order valence-electron chi connectivity index (χ1n) is 7.32. The SMILES string of the molecule is Cc1ccnc(C(Sc2ccc(F)cc2)c2cc(F)ccc2F)c1. The molecule has 3 aromatic rings. The number of halogens is 3. The van der Waals surface area contributed by atoms with Crippen LogP contribution in [0.25, 0.3) is 0 Å². The molecule has 1 unspecified atom stereocenters. The summed E-state index contributed by atoms with van der Waals surface area (Å²) in [5.74, 6) is -1.36. The number of hydrogen-bond donors (Lipinski definition) is 0. The number of pyridine rings is 1. The van der Waals surface area contributed by atoms with Crippen molar-refractivity contribution in [3.8, 4) is 0 Å². The molecule has 24 heavy (non-hydrogen) atoms. The maximum Gasteiger partial charge on any atom is 0.128 e. The number of hydrogen-bond acceptors (Lipinski definition) is 2. The van der Waals surface area contributed by atoms with Crippen molar-refractivity contribution in [3.63, 3.8) is 0 Å². The van der Waals surface area contributed by atoms with Gasteiger partial charge in [0.1, 0.15) is 17.5 Å². The van der Waals surface area contributed by atoms with Gasteiger partial charge < -0.3 is 0 Å². The molecule has 2 aromatic carbocycles. The third-order valence-corrected chi connectivity index (χ3v) is 4.79. The Bertz CT molecular complexity index is 849. The van der Waals surface area contributed by atoms with Gasteiger partial charge in [-0.1, -0.05) is 0 Å². The van der Waals surface area contributed by atoms with Crippen molar-refractivity contribution in [3.05, 3.63) is 95.1 Å². The Balaban J connectivity index is 2.06. The second-order valence-corrected chi connectivity index (χ2v) is 6.55. The van der Waals surface area contributed by atoms with Gasteiger partial charge in [0.25, 0.3) is 0 Å². The zero-order valence-corrected chi connectivity index (χ0v) is 13.7. The van der Waals surface area contributed by atoms with Crippen LogP contribution in [0, 0.1) is 24.4 Å². The highest BCUT2D eigenvalue weighted by Crippen LogP contribution is 2.41. The highest BCUT2D eigenvalue weighted by atomic mass is 32.2. The number of aromatic nitrogens is 1. The molecule has 0 saturated carbocycles. The van der Waals surface area contributed by atoms with Crippen molar-refractivity contribution in [2.75, 3.05) is 0 Å². The highest BCUT2D eigenvalue weighted by Gasteiger charge is 2.21. The fraction of sp³-hybridized carbons (Fsp3) is 0.105. The van der Waals surface area contributed by atoms with Crippen LogP contribution in [0.4, 0.5) is 13.2 Å². The minimum Gasteiger partial charge on any atom is -0.260 e. The van der Waals surface area contributed by atoms with E-state index < -0.39 is 16.9 Å². The summed E-state index contributed by atoms with van der Waals surface area (Å²) in [6, 6.07) is 13.0. The molecule has 0 radical (unpaired) electrons. The van der Waals surface area contributed by atoms with Crippen LogP contribution in [-0.4, -0.2) is 4.98 Å². The molecule has 0 spiro atoms. The minimum atomic E-state index is -0.536. The molecule has 122 valence electrons. The van der Waals surface area contributed by atoms with E-state index in [1.54, 1.807) is 18.3 Å². The lowest BCUT2D eigenvalue weighted by Crippen LogP contribution is -2.03. The molecule has 5 heteroatoms. The molecule has 0 aliphatic rings. The van der Waals surface area contributed by atoms with Gasteiger partial charge >= 0.3 is 0 Å². The average Bonchev–Trinajstić information content (AvgIpc) is 2.57. The second kappa shape index (κ2) is 7.09. The minimum absolute atomic E-state index is 0.211. The number of aryl methyl sites for hydroxylation is 1. The van der Waals surface area contributed by atoms with Crippen LogP contribution in [0.5, 0.6) is 0 Å². The zero-order chi connectivity index (χ0) is 17.1. The maximum absolute atomic E-state index is 14.3. The molecule has 1 nitrogen and oxygen atoms in total. The smallest absolute Gasteiger partial charge is 0.128 e. The van der Waals surface area contributed by atoms with E-state index in [0.29, 0.717) is 5.69 Å². The van der Waals surface area contributed by atoms with Gasteiger partial charge in [0.15, 0.2) is 0 Å². The monoisotopic (exact) mass is 345 g/mol. The number of benzene rings is 2. The molecule has 3 rings (SSSR count). The van der Waals surface area contributed by atoms with Crippen molar-refractivity contribution in [2.24, 2.45) is 0 Å². The lowest BCUT2D eigenvalue weighted by molar-refractivity contribution is 0.587. The predicted molar refractivity (Wildman–Crippen MR) is 89.4 cm³/mol. The van der Waals surface area contributed by atoms with Crippen LogP contribution in [-0.2, 0) is 0 Å². The molecular formula is C19H14F3NS. The first-order chi connectivity index (χ1) is 11.5. The van der Waals surface area contributed by atoms with Gasteiger partial charge in [-0.15, -0.1) is 11.8 Å². The van der Waals surface area contributed by atoms with Gasteiger partial charge in [0.2, 0.25) is 0 Å². The summed E-state index contributed by atoms with van der Waals surface area (Å²) in [5.41, 5.74) is 1.80. The van der Waals surface area contributed by atoms with Crippen LogP contribution in [0.3, 0.4) is 0 Å². The molecule has 1 heterocycles. The summed E-state index contributed by atoms with van der Waals surface area (Å²) < 4.78 is 41.1. The van der Waals surface area contributed by atoms with Gasteiger partial charge in [-0.05, 0) is 67.1 Å². The fourth-order valence-corrected chi connectivity index (χ4v) is 3.47. The van der Waals surface area contributed by atoms with E-state index >= 15 is 0 Å². The van der Waals surface area contributed by atoms with E-state index in [1.165, 1.54) is 30.0 Å². The second-order valence-electron chi connectivity index (χ2n) is 5.38. The van der Waals surface area contributed by atoms with E-state index in [-0.39, 0.29) is 11.4 Å². The predicted octanol–water partition coefficient (Wildman–Crippen LogP) is 5.69. The molecule has 0 fully saturated rings. The Hall–Kier alpha value is -2.27. The maximum atomic E-state index is 14.3. The van der Waals surface area contributed by atoms with E-state index in [2.05, 4.69) is 4.98 Å². The number of nitrogens with zero attached hydrogens (tertiary/aromatic N) is 1. The van der Waals surface area contributed by atoms with E-state index in [9.17, 15) is 13.2 Å². The van der Waals surface area contributed by atoms with Gasteiger partial charge in [-0.2, -0.15) is 0 Å². The Labute approximate surface area is 142 Å². The quantitative estimate of drug-likeness (QED) is 0.564. The standard InChI is InChI=1S/C19H14F3NS/c1-12-8-9-23-18(10-12)19(16-11-14(21)4-7-17(16)22)24-15-5-2-13(20)3-6-15/h2-11,19H,1H3. The molecule has 1 aromatic heterocycles. The van der Waals surface area contributed by atoms with Crippen molar-refractivity contribution in [2.45, 2.75) is 17.1 Å². The summed E-state index contributed by atoms with van der Waals surface area (Å²) in [4.78, 5) is 5.06. The summed E-state index contributed by atoms with van der Waals surface area (Å²) in [6.07, 6.45) is 1.64. The van der Waals surface area contributed by atoms with Crippen molar-refractivity contribution in [1.82, 2.24) is 4.98 Å². The average molecular weight is 345 g/mol. The van der Waals surface area contributed by atoms with E-state index in [0.717, 1.165) is 22.6 Å². The molecule has 0 aliphatic heterocycles. The summed E-state index contributed by atoms with van der Waals surface area (Å²) >= 11 is 1.30. The first kappa shape index (κ1) is 16.6. The number of thioether (sulfide) groups is 1. The largest absolute Gasteiger partial charge is 0.260 e. The first-order valence-corrected chi connectivity index (χ1v) is 8.20. The topological polar surface area (TPSA) is 12.9 Å². The van der Waals surface area contributed by atoms with Crippen LogP contribution in [0.2, 0.25) is 0 Å². The van der Waals surface area contributed by atoms with Crippen molar-refractivity contribution < 1.29 is 13.2 Å². The van der Waals surface area contributed by atoms with Crippen molar-refractivity contribution >= 4 is 11.8 Å². The third kappa shape index (κ3) is 3.79. The van der Waals surface area contributed by atoms with E-state index in [1.807, 2.05) is 19.1 Å². The van der Waals surface area contributed by atoms with Crippen LogP contribution >= 0.6 is 11.8 Å². The lowest BCUT2D eigenvalue weighted by Gasteiger charge is -2.18. The Morgan fingerprint density at radius 3 is 2.29 bits per heavy atom. The lowest BCUT2D eigenvalue weighted by atomic mass is 10.1. The summed E-state index contributed by atoms with van der Waals surface area (Å²) in [6.45, 7) is 1.91. The Morgan fingerprint density at radius 1 is 0.875 bits per heavy atom. The van der Waals surface area contributed by atoms with E-state index in [4.69, 9.17) is 0 Å². The Morgan fingerprint density at radius 2 is 1.58 bits per heavy atom. The molecular weight excluding hydrogens is 331 g/mol. The van der Waals surface area contributed by atoms with Crippen LogP contribution in [0.15, 0.2) is 65.7 Å². The molecule has 0 aliphatic carbocycles. The van der Waals surface area contributed by atoms with Crippen molar-refractivity contribution in [1.29, 1.82) is 0 Å². The summed E-state index contributed by atoms with van der Waals surface area (Å²) in [5, 5.41) is -0.536. The normalized spacial score (nSPS) is 12.2. The highest BCUT2D eigenvalue weighted by molar-refractivity contribution is 7.99. The fourth-order valence-electron chi connectivity index (χ4n) is 2.35. The molecule has 0 bridgehead atoms.